The van der Waals surface area contributed by atoms with Gasteiger partial charge < -0.3 is 24.3 Å². The first kappa shape index (κ1) is 19.9. The molecule has 1 fully saturated rings. The summed E-state index contributed by atoms with van der Waals surface area (Å²) in [6.45, 7) is 8.03. The minimum atomic E-state index is -1.04. The number of aromatic amines is 1. The average molecular weight is 390 g/mol. The third-order valence-corrected chi connectivity index (χ3v) is 8.04. The van der Waals surface area contributed by atoms with E-state index in [0.29, 0.717) is 12.4 Å². The molecule has 0 saturated carbocycles. The summed E-state index contributed by atoms with van der Waals surface area (Å²) in [6, 6.07) is 7.02. The lowest BCUT2D eigenvalue weighted by Gasteiger charge is -2.18. The van der Waals surface area contributed by atoms with Crippen LogP contribution in [0.2, 0.25) is 19.1 Å². The Labute approximate surface area is 162 Å². The van der Waals surface area contributed by atoms with E-state index in [1.165, 1.54) is 12.2 Å². The van der Waals surface area contributed by atoms with Crippen LogP contribution in [0.25, 0.3) is 10.9 Å². The largest absolute Gasteiger partial charge is 0.513 e. The minimum Gasteiger partial charge on any atom is -0.433 e. The van der Waals surface area contributed by atoms with Crippen LogP contribution in [-0.2, 0) is 11.2 Å². The van der Waals surface area contributed by atoms with Crippen molar-refractivity contribution in [3.8, 4) is 5.75 Å². The van der Waals surface area contributed by atoms with E-state index in [1.807, 2.05) is 38.5 Å². The van der Waals surface area contributed by atoms with E-state index in [-0.39, 0.29) is 0 Å². The number of rotatable bonds is 7. The van der Waals surface area contributed by atoms with E-state index < -0.39 is 14.2 Å². The Balaban J connectivity index is 1.57. The van der Waals surface area contributed by atoms with Gasteiger partial charge in [0, 0.05) is 30.2 Å². The predicted molar refractivity (Wildman–Crippen MR) is 111 cm³/mol. The number of hydrogen-bond acceptors (Lipinski definition) is 5. The van der Waals surface area contributed by atoms with Gasteiger partial charge in [0.1, 0.15) is 12.4 Å². The normalized spacial score (nSPS) is 16.9. The number of benzene rings is 1. The summed E-state index contributed by atoms with van der Waals surface area (Å²) in [5.41, 5.74) is 2.12. The molecule has 1 aliphatic heterocycles. The van der Waals surface area contributed by atoms with Crippen LogP contribution >= 0.6 is 0 Å². The Morgan fingerprint density at radius 2 is 2.15 bits per heavy atom. The van der Waals surface area contributed by atoms with Gasteiger partial charge in [-0.05, 0) is 57.0 Å². The van der Waals surface area contributed by atoms with Crippen molar-refractivity contribution in [1.29, 1.82) is 0 Å². The lowest BCUT2D eigenvalue weighted by Crippen LogP contribution is -2.33. The molecule has 0 atom stereocenters. The quantitative estimate of drug-likeness (QED) is 0.447. The van der Waals surface area contributed by atoms with Gasteiger partial charge in [-0.15, -0.1) is 0 Å². The topological polar surface area (TPSA) is 57.8 Å². The molecule has 1 N–H and O–H groups in total. The number of hydrogen-bond donors (Lipinski definition) is 1. The number of aromatic nitrogens is 1. The summed E-state index contributed by atoms with van der Waals surface area (Å²) >= 11 is 0. The molecule has 2 aromatic rings. The molecule has 1 aromatic heterocycles. The van der Waals surface area contributed by atoms with Crippen molar-refractivity contribution in [1.82, 2.24) is 14.8 Å². The van der Waals surface area contributed by atoms with Crippen molar-refractivity contribution < 1.29 is 14.3 Å². The summed E-state index contributed by atoms with van der Waals surface area (Å²) in [5.74, 6) is 0.558. The zero-order chi connectivity index (χ0) is 19.4. The third-order valence-electron chi connectivity index (χ3n) is 5.15. The molecular weight excluding hydrogens is 358 g/mol. The Bertz CT molecular complexity index is 788. The maximum atomic E-state index is 12.2. The van der Waals surface area contributed by atoms with Gasteiger partial charge in [-0.1, -0.05) is 19.2 Å². The Kier molecular flexibility index (Phi) is 6.24. The molecule has 0 radical (unpaired) electrons. The molecular formula is C20H31N3O3Si. The first-order chi connectivity index (χ1) is 12.8. The number of fused-ring (bicyclic) bond motifs is 1. The van der Waals surface area contributed by atoms with Crippen LogP contribution in [0.3, 0.4) is 0 Å². The number of likely N-dealkylation sites (N-methyl/N-ethyl adjacent to an activating group) is 1. The predicted octanol–water partition coefficient (Wildman–Crippen LogP) is 3.35. The van der Waals surface area contributed by atoms with Gasteiger partial charge in [-0.3, -0.25) is 0 Å². The smallest absolute Gasteiger partial charge is 0.433 e. The zero-order valence-electron chi connectivity index (χ0n) is 16.9. The molecule has 0 amide bonds. The molecule has 6 nitrogen and oxygen atoms in total. The number of carbonyl (C=O) groups excluding carboxylic acids is 1. The highest BCUT2D eigenvalue weighted by atomic mass is 28.3. The molecule has 27 heavy (non-hydrogen) atoms. The van der Waals surface area contributed by atoms with Crippen LogP contribution in [-0.4, -0.2) is 75.5 Å². The van der Waals surface area contributed by atoms with E-state index in [0.717, 1.165) is 42.5 Å². The maximum Gasteiger partial charge on any atom is 0.513 e. The van der Waals surface area contributed by atoms with Gasteiger partial charge in [0.2, 0.25) is 0 Å². The molecule has 0 aliphatic carbocycles. The first-order valence-corrected chi connectivity index (χ1v) is 13.1. The Morgan fingerprint density at radius 3 is 2.85 bits per heavy atom. The van der Waals surface area contributed by atoms with E-state index in [1.54, 1.807) is 0 Å². The first-order valence-electron chi connectivity index (χ1n) is 9.65. The fourth-order valence-electron chi connectivity index (χ4n) is 3.64. The van der Waals surface area contributed by atoms with Crippen molar-refractivity contribution in [3.63, 3.8) is 0 Å². The van der Waals surface area contributed by atoms with Gasteiger partial charge in [0.15, 0.2) is 0 Å². The zero-order valence-corrected chi connectivity index (χ0v) is 17.9. The number of ether oxygens (including phenoxy) is 2. The summed E-state index contributed by atoms with van der Waals surface area (Å²) < 4.78 is 10.9. The van der Waals surface area contributed by atoms with Crippen molar-refractivity contribution >= 4 is 25.1 Å². The lowest BCUT2D eigenvalue weighted by atomic mass is 10.1. The highest BCUT2D eigenvalue weighted by Gasteiger charge is 2.30. The molecule has 148 valence electrons. The van der Waals surface area contributed by atoms with Crippen LogP contribution in [0.4, 0.5) is 4.79 Å². The highest BCUT2D eigenvalue weighted by Crippen LogP contribution is 2.29. The van der Waals surface area contributed by atoms with Gasteiger partial charge in [-0.2, -0.15) is 0 Å². The maximum absolute atomic E-state index is 12.2. The van der Waals surface area contributed by atoms with Crippen LogP contribution in [0.15, 0.2) is 24.4 Å². The van der Waals surface area contributed by atoms with E-state index in [9.17, 15) is 4.79 Å². The van der Waals surface area contributed by atoms with Gasteiger partial charge >= 0.3 is 6.16 Å². The van der Waals surface area contributed by atoms with Crippen molar-refractivity contribution in [2.45, 2.75) is 25.6 Å². The molecule has 0 bridgehead atoms. The van der Waals surface area contributed by atoms with Crippen LogP contribution < -0.4 is 4.74 Å². The van der Waals surface area contributed by atoms with Crippen LogP contribution in [0.1, 0.15) is 5.56 Å². The van der Waals surface area contributed by atoms with Gasteiger partial charge in [0.05, 0.1) is 8.07 Å². The number of H-pyrrole nitrogens is 1. The summed E-state index contributed by atoms with van der Waals surface area (Å²) in [5, 5.41) is 0.962. The second-order valence-corrected chi connectivity index (χ2v) is 13.6. The summed E-state index contributed by atoms with van der Waals surface area (Å²) in [7, 11) is 3.06. The molecule has 1 aliphatic rings. The van der Waals surface area contributed by atoms with Crippen molar-refractivity contribution in [2.24, 2.45) is 0 Å². The van der Waals surface area contributed by atoms with Crippen molar-refractivity contribution in [2.75, 3.05) is 46.5 Å². The van der Waals surface area contributed by atoms with Crippen molar-refractivity contribution in [3.05, 3.63) is 30.0 Å². The molecule has 3 rings (SSSR count). The highest BCUT2D eigenvalue weighted by molar-refractivity contribution is 6.78. The van der Waals surface area contributed by atoms with Crippen LogP contribution in [0.5, 0.6) is 5.75 Å². The third kappa shape index (κ3) is 5.34. The molecule has 1 aromatic carbocycles. The average Bonchev–Trinajstić information content (AvgIpc) is 3.16. The molecule has 7 heteroatoms. The fourth-order valence-corrected chi connectivity index (χ4v) is 6.24. The molecule has 0 unspecified atom stereocenters. The van der Waals surface area contributed by atoms with Crippen LogP contribution in [0, 0.1) is 0 Å². The number of nitrogens with zero attached hydrogens (tertiary/aromatic N) is 2. The van der Waals surface area contributed by atoms with Gasteiger partial charge in [-0.25, -0.2) is 4.79 Å². The van der Waals surface area contributed by atoms with E-state index in [4.69, 9.17) is 9.47 Å². The Morgan fingerprint density at radius 1 is 1.33 bits per heavy atom. The Hall–Kier alpha value is -1.83. The fraction of sp³-hybridized carbons (Fsp3) is 0.550. The van der Waals surface area contributed by atoms with Gasteiger partial charge in [0.25, 0.3) is 0 Å². The molecule has 1 saturated heterocycles. The minimum absolute atomic E-state index is 0.375. The monoisotopic (exact) mass is 389 g/mol. The summed E-state index contributed by atoms with van der Waals surface area (Å²) in [4.78, 5) is 20.0. The SMILES string of the molecule is CN(C)CCc1c[nH]c2cccc(OC(=O)OCCN3CC[Si](C)(C)C3)c12. The number of carbonyl (C=O) groups is 1. The van der Waals surface area contributed by atoms with E-state index >= 15 is 0 Å². The number of nitrogens with one attached hydrogen (secondary N) is 1. The summed E-state index contributed by atoms with van der Waals surface area (Å²) in [6.07, 6.45) is 3.43. The lowest BCUT2D eigenvalue weighted by molar-refractivity contribution is 0.0911. The van der Waals surface area contributed by atoms with E-state index in [2.05, 4.69) is 27.9 Å². The molecule has 0 spiro atoms. The second-order valence-electron chi connectivity index (χ2n) is 8.44. The molecule has 2 heterocycles. The standard InChI is InChI=1S/C20H31N3O3Si/c1-22(2)9-8-16-14-21-17-6-5-7-18(19(16)17)26-20(24)25-12-10-23-11-13-27(3,4)15-23/h5-7,14,21H,8-13,15H2,1-4H3. The second kappa shape index (κ2) is 8.46.